The van der Waals surface area contributed by atoms with E-state index in [4.69, 9.17) is 0 Å². The molecule has 0 atom stereocenters. The number of H-pyrrole nitrogens is 1. The molecule has 0 aliphatic rings. The van der Waals surface area contributed by atoms with Crippen molar-refractivity contribution in [3.8, 4) is 0 Å². The zero-order chi connectivity index (χ0) is 5.11. The number of hydrogen-bond donors (Lipinski definition) is 1. The Morgan fingerprint density at radius 3 is 2.50 bits per heavy atom. The second kappa shape index (κ2) is 3.77. The zero-order valence-electron chi connectivity index (χ0n) is 3.46. The first-order valence-electron chi connectivity index (χ1n) is 1.75. The predicted octanol–water partition coefficient (Wildman–Crippen LogP) is -1.48. The molecular formula is C3H4N3NaO. The summed E-state index contributed by atoms with van der Waals surface area (Å²) in [6.45, 7) is 0. The summed E-state index contributed by atoms with van der Waals surface area (Å²) >= 11 is 0. The van der Waals surface area contributed by atoms with Crippen LogP contribution in [0.3, 0.4) is 0 Å². The molecule has 0 aromatic carbocycles. The number of nitrogens with zero attached hydrogens (tertiary/aromatic N) is 2. The number of hydrogen-bond acceptors (Lipinski definition) is 3. The molecule has 4 nitrogen and oxygen atoms in total. The first-order valence-corrected chi connectivity index (χ1v) is 1.75. The molecule has 1 N–H and O–H groups in total. The Balaban J connectivity index is 0.000000490. The summed E-state index contributed by atoms with van der Waals surface area (Å²) in [5.74, 6) is 0. The molecule has 38 valence electrons. The van der Waals surface area contributed by atoms with E-state index < -0.39 is 0 Å². The van der Waals surface area contributed by atoms with Crippen LogP contribution in [0, 0.1) is 0 Å². The summed E-state index contributed by atoms with van der Waals surface area (Å²) in [7, 11) is 0. The number of aromatic nitrogens is 3. The number of rotatable bonds is 0. The third-order valence-corrected chi connectivity index (χ3v) is 0.506. The Morgan fingerprint density at radius 2 is 2.25 bits per heavy atom. The van der Waals surface area contributed by atoms with E-state index >= 15 is 0 Å². The van der Waals surface area contributed by atoms with E-state index in [1.165, 1.54) is 6.33 Å². The molecule has 0 amide bonds. The van der Waals surface area contributed by atoms with Gasteiger partial charge in [0.1, 0.15) is 12.5 Å². The van der Waals surface area contributed by atoms with Crippen LogP contribution in [0.1, 0.15) is 0 Å². The molecule has 0 saturated carbocycles. The molecule has 0 aliphatic heterocycles. The summed E-state index contributed by atoms with van der Waals surface area (Å²) < 4.78 is 0. The van der Waals surface area contributed by atoms with E-state index in [0.29, 0.717) is 0 Å². The first-order chi connectivity index (χ1) is 3.39. The second-order valence-corrected chi connectivity index (χ2v) is 0.998. The summed E-state index contributed by atoms with van der Waals surface area (Å²) in [5, 5.41) is 6.63. The van der Waals surface area contributed by atoms with Gasteiger partial charge in [-0.2, -0.15) is 5.10 Å². The van der Waals surface area contributed by atoms with Crippen molar-refractivity contribution in [1.82, 2.24) is 15.2 Å². The van der Waals surface area contributed by atoms with Gasteiger partial charge in [-0.05, 0) is 0 Å². The molecule has 0 unspecified atom stereocenters. The molecule has 0 aliphatic carbocycles. The number of aromatic amines is 1. The maximum absolute atomic E-state index is 10.1. The molecule has 1 heterocycles. The molecular weight excluding hydrogens is 117 g/mol. The van der Waals surface area contributed by atoms with Gasteiger partial charge in [0.05, 0.1) is 0 Å². The van der Waals surface area contributed by atoms with Crippen molar-refractivity contribution >= 4 is 29.6 Å². The first kappa shape index (κ1) is 7.81. The van der Waals surface area contributed by atoms with E-state index in [0.717, 1.165) is 6.20 Å². The second-order valence-electron chi connectivity index (χ2n) is 0.998. The molecule has 0 bridgehead atoms. The van der Waals surface area contributed by atoms with Gasteiger partial charge in [0.15, 0.2) is 0 Å². The van der Waals surface area contributed by atoms with Crippen molar-refractivity contribution in [2.45, 2.75) is 0 Å². The Kier molecular flexibility index (Phi) is 3.68. The molecule has 0 radical (unpaired) electrons. The van der Waals surface area contributed by atoms with E-state index in [1.807, 2.05) is 0 Å². The van der Waals surface area contributed by atoms with Gasteiger partial charge in [0.25, 0.3) is 5.56 Å². The van der Waals surface area contributed by atoms with Crippen LogP contribution in [-0.2, 0) is 0 Å². The van der Waals surface area contributed by atoms with Crippen LogP contribution in [-0.4, -0.2) is 44.7 Å². The SMILES string of the molecule is O=c1cnnc[nH]1.[NaH]. The fourth-order valence-corrected chi connectivity index (χ4v) is 0.249. The van der Waals surface area contributed by atoms with E-state index in [2.05, 4.69) is 15.2 Å². The van der Waals surface area contributed by atoms with Gasteiger partial charge in [-0.1, -0.05) is 0 Å². The zero-order valence-corrected chi connectivity index (χ0v) is 3.46. The van der Waals surface area contributed by atoms with Crippen molar-refractivity contribution < 1.29 is 0 Å². The van der Waals surface area contributed by atoms with Crippen molar-refractivity contribution in [3.05, 3.63) is 22.9 Å². The van der Waals surface area contributed by atoms with Crippen molar-refractivity contribution in [2.24, 2.45) is 0 Å². The van der Waals surface area contributed by atoms with Crippen molar-refractivity contribution in [3.63, 3.8) is 0 Å². The average molecular weight is 121 g/mol. The molecule has 8 heavy (non-hydrogen) atoms. The minimum atomic E-state index is -0.227. The molecule has 0 spiro atoms. The van der Waals surface area contributed by atoms with Crippen molar-refractivity contribution in [2.75, 3.05) is 0 Å². The van der Waals surface area contributed by atoms with Crippen LogP contribution in [0.25, 0.3) is 0 Å². The van der Waals surface area contributed by atoms with E-state index in [-0.39, 0.29) is 35.1 Å². The van der Waals surface area contributed by atoms with Gasteiger partial charge in [0, 0.05) is 0 Å². The fourth-order valence-electron chi connectivity index (χ4n) is 0.249. The molecule has 1 rings (SSSR count). The van der Waals surface area contributed by atoms with Crippen LogP contribution in [0.2, 0.25) is 0 Å². The fraction of sp³-hybridized carbons (Fsp3) is 0. The van der Waals surface area contributed by atoms with Crippen LogP contribution < -0.4 is 5.56 Å². The van der Waals surface area contributed by atoms with Crippen LogP contribution >= 0.6 is 0 Å². The topological polar surface area (TPSA) is 58.6 Å². The van der Waals surface area contributed by atoms with Gasteiger partial charge in [0.2, 0.25) is 0 Å². The van der Waals surface area contributed by atoms with Crippen molar-refractivity contribution in [1.29, 1.82) is 0 Å². The average Bonchev–Trinajstić information content (AvgIpc) is 1.69. The Hall–Kier alpha value is -0.190. The molecule has 0 fully saturated rings. The monoisotopic (exact) mass is 121 g/mol. The summed E-state index contributed by atoms with van der Waals surface area (Å²) in [4.78, 5) is 12.4. The maximum atomic E-state index is 10.1. The standard InChI is InChI=1S/C3H3N3O.Na.H/c7-3-1-5-6-2-4-3;;/h1-2H,(H,4,6,7);;. The van der Waals surface area contributed by atoms with Gasteiger partial charge >= 0.3 is 29.6 Å². The molecule has 0 saturated heterocycles. The Labute approximate surface area is 67.6 Å². The normalized spacial score (nSPS) is 7.50. The van der Waals surface area contributed by atoms with Gasteiger partial charge in [-0.25, -0.2) is 0 Å². The third kappa shape index (κ3) is 2.20. The van der Waals surface area contributed by atoms with Crippen LogP contribution in [0.4, 0.5) is 0 Å². The number of nitrogens with one attached hydrogen (secondary N) is 1. The quantitative estimate of drug-likeness (QED) is 0.426. The van der Waals surface area contributed by atoms with Crippen LogP contribution in [0.5, 0.6) is 0 Å². The van der Waals surface area contributed by atoms with Crippen LogP contribution in [0.15, 0.2) is 17.3 Å². The molecule has 1 aromatic rings. The minimum absolute atomic E-state index is 0. The molecule has 5 heteroatoms. The Bertz CT molecular complexity index is 180. The van der Waals surface area contributed by atoms with Gasteiger partial charge in [-0.15, -0.1) is 5.10 Å². The third-order valence-electron chi connectivity index (χ3n) is 0.506. The predicted molar refractivity (Wildman–Crippen MR) is 29.8 cm³/mol. The van der Waals surface area contributed by atoms with Gasteiger partial charge in [-0.3, -0.25) is 4.79 Å². The van der Waals surface area contributed by atoms with Gasteiger partial charge < -0.3 is 4.98 Å². The Morgan fingerprint density at radius 1 is 1.50 bits per heavy atom. The summed E-state index contributed by atoms with van der Waals surface area (Å²) in [5.41, 5.74) is -0.227. The summed E-state index contributed by atoms with van der Waals surface area (Å²) in [6, 6.07) is 0. The van der Waals surface area contributed by atoms with E-state index in [1.54, 1.807) is 0 Å². The molecule has 1 aromatic heterocycles. The summed E-state index contributed by atoms with van der Waals surface area (Å²) in [6.07, 6.45) is 2.35. The van der Waals surface area contributed by atoms with E-state index in [9.17, 15) is 4.79 Å².